The van der Waals surface area contributed by atoms with Crippen LogP contribution in [0.1, 0.15) is 27.7 Å². The van der Waals surface area contributed by atoms with Gasteiger partial charge >= 0.3 is 0 Å². The van der Waals surface area contributed by atoms with E-state index < -0.39 is 0 Å². The van der Waals surface area contributed by atoms with Gasteiger partial charge in [0.05, 0.1) is 29.5 Å². The fraction of sp³-hybridized carbons (Fsp3) is 0.294. The van der Waals surface area contributed by atoms with Crippen molar-refractivity contribution in [2.75, 3.05) is 6.54 Å². The molecule has 0 radical (unpaired) electrons. The highest BCUT2D eigenvalue weighted by Gasteiger charge is 2.38. The minimum absolute atomic E-state index is 0.0417. The van der Waals surface area contributed by atoms with Crippen LogP contribution in [-0.2, 0) is 13.5 Å². The maximum absolute atomic E-state index is 13.0. The molecular weight excluding hydrogens is 376 g/mol. The number of halogens is 1. The first-order valence-corrected chi connectivity index (χ1v) is 9.68. The summed E-state index contributed by atoms with van der Waals surface area (Å²) in [4.78, 5) is 16.0. The first-order chi connectivity index (χ1) is 12.0. The lowest BCUT2D eigenvalue weighted by atomic mass is 10.0. The third-order valence-electron chi connectivity index (χ3n) is 4.56. The minimum atomic E-state index is -0.0583. The molecule has 0 saturated carbocycles. The van der Waals surface area contributed by atoms with Crippen molar-refractivity contribution >= 4 is 41.9 Å². The highest BCUT2D eigenvalue weighted by atomic mass is 35.5. The van der Waals surface area contributed by atoms with Crippen LogP contribution in [0.5, 0.6) is 0 Å². The van der Waals surface area contributed by atoms with E-state index in [9.17, 15) is 4.79 Å². The van der Waals surface area contributed by atoms with Crippen LogP contribution in [-0.4, -0.2) is 31.8 Å². The van der Waals surface area contributed by atoms with Gasteiger partial charge in [-0.2, -0.15) is 5.10 Å². The van der Waals surface area contributed by atoms with Crippen LogP contribution in [0.25, 0.3) is 0 Å². The third kappa shape index (κ3) is 3.05. The zero-order chi connectivity index (χ0) is 17.6. The van der Waals surface area contributed by atoms with Crippen LogP contribution in [0.2, 0.25) is 5.02 Å². The molecule has 5 nitrogen and oxygen atoms in total. The molecule has 1 aromatic carbocycles. The molecule has 2 aliphatic rings. The number of rotatable bonds is 4. The van der Waals surface area contributed by atoms with Crippen molar-refractivity contribution in [3.05, 3.63) is 63.4 Å². The number of amides is 1. The lowest BCUT2D eigenvalue weighted by Crippen LogP contribution is -2.31. The van der Waals surface area contributed by atoms with Crippen molar-refractivity contribution in [2.24, 2.45) is 7.05 Å². The van der Waals surface area contributed by atoms with Crippen molar-refractivity contribution in [1.82, 2.24) is 20.0 Å². The maximum Gasteiger partial charge on any atom is 0.255 e. The molecule has 2 aromatic rings. The lowest BCUT2D eigenvalue weighted by molar-refractivity contribution is 0.0745. The third-order valence-corrected chi connectivity index (χ3v) is 6.25. The van der Waals surface area contributed by atoms with E-state index in [-0.39, 0.29) is 16.7 Å². The van der Waals surface area contributed by atoms with Gasteiger partial charge in [0, 0.05) is 30.1 Å². The minimum Gasteiger partial charge on any atom is -0.370 e. The first-order valence-electron chi connectivity index (χ1n) is 7.90. The van der Waals surface area contributed by atoms with E-state index in [2.05, 4.69) is 23.0 Å². The SMILES string of the molecule is Cn1ncc(Cl)c1CC1c2ccccc2C(=O)N1CC1=CNC(S)S1. The average molecular weight is 393 g/mol. The summed E-state index contributed by atoms with van der Waals surface area (Å²) in [6.45, 7) is 0.558. The second-order valence-corrected chi connectivity index (χ2v) is 8.56. The number of thioether (sulfide) groups is 1. The smallest absolute Gasteiger partial charge is 0.255 e. The average Bonchev–Trinajstić information content (AvgIpc) is 3.23. The molecular formula is C17H17ClN4OS2. The molecule has 2 aliphatic heterocycles. The van der Waals surface area contributed by atoms with Gasteiger partial charge in [0.1, 0.15) is 4.71 Å². The standard InChI is InChI=1S/C17H17ClN4OS2/c1-21-15(13(18)8-20-21)6-14-11-4-2-3-5-12(11)16(23)22(14)9-10-7-19-17(24)25-10/h2-5,7-8,14,17,19,24H,6,9H2,1H3. The zero-order valence-corrected chi connectivity index (χ0v) is 16.0. The number of fused-ring (bicyclic) bond motifs is 1. The summed E-state index contributed by atoms with van der Waals surface area (Å²) in [5, 5.41) is 8.00. The Morgan fingerprint density at radius 1 is 1.40 bits per heavy atom. The predicted molar refractivity (Wildman–Crippen MR) is 104 cm³/mol. The summed E-state index contributed by atoms with van der Waals surface area (Å²) in [6, 6.07) is 7.74. The van der Waals surface area contributed by atoms with Gasteiger partial charge in [-0.3, -0.25) is 9.48 Å². The van der Waals surface area contributed by atoms with Gasteiger partial charge in [-0.05, 0) is 11.6 Å². The fourth-order valence-electron chi connectivity index (χ4n) is 3.32. The van der Waals surface area contributed by atoms with Crippen LogP contribution >= 0.6 is 36.0 Å². The van der Waals surface area contributed by atoms with Crippen molar-refractivity contribution in [1.29, 1.82) is 0 Å². The Kier molecular flexibility index (Phi) is 4.47. The molecule has 25 heavy (non-hydrogen) atoms. The van der Waals surface area contributed by atoms with E-state index in [4.69, 9.17) is 11.6 Å². The number of nitrogens with one attached hydrogen (secondary N) is 1. The number of aromatic nitrogens is 2. The fourth-order valence-corrected chi connectivity index (χ4v) is 4.82. The molecule has 1 amide bonds. The highest BCUT2D eigenvalue weighted by molar-refractivity contribution is 8.13. The molecule has 0 spiro atoms. The number of thiol groups is 1. The summed E-state index contributed by atoms with van der Waals surface area (Å²) in [5.74, 6) is 0.0583. The molecule has 130 valence electrons. The van der Waals surface area contributed by atoms with Crippen LogP contribution in [0.3, 0.4) is 0 Å². The van der Waals surface area contributed by atoms with Gasteiger partial charge in [-0.1, -0.05) is 41.6 Å². The van der Waals surface area contributed by atoms with Gasteiger partial charge in [0.2, 0.25) is 0 Å². The molecule has 1 N–H and O–H groups in total. The topological polar surface area (TPSA) is 50.2 Å². The Bertz CT molecular complexity index is 847. The Morgan fingerprint density at radius 2 is 2.20 bits per heavy atom. The summed E-state index contributed by atoms with van der Waals surface area (Å²) in [7, 11) is 1.87. The predicted octanol–water partition coefficient (Wildman–Crippen LogP) is 3.20. The number of benzene rings is 1. The highest BCUT2D eigenvalue weighted by Crippen LogP contribution is 2.39. The normalized spacial score (nSPS) is 22.1. The van der Waals surface area contributed by atoms with E-state index in [0.717, 1.165) is 21.7 Å². The van der Waals surface area contributed by atoms with Gasteiger partial charge in [0.25, 0.3) is 5.91 Å². The molecule has 0 aliphatic carbocycles. The maximum atomic E-state index is 13.0. The van der Waals surface area contributed by atoms with Crippen LogP contribution in [0, 0.1) is 0 Å². The van der Waals surface area contributed by atoms with Crippen molar-refractivity contribution in [3.8, 4) is 0 Å². The first kappa shape index (κ1) is 16.9. The van der Waals surface area contributed by atoms with E-state index in [1.165, 1.54) is 0 Å². The van der Waals surface area contributed by atoms with Gasteiger partial charge in [-0.15, -0.1) is 12.6 Å². The summed E-state index contributed by atoms with van der Waals surface area (Å²) < 4.78 is 1.82. The van der Waals surface area contributed by atoms with Crippen molar-refractivity contribution < 1.29 is 4.79 Å². The number of carbonyl (C=O) groups is 1. The number of aryl methyl sites for hydroxylation is 1. The van der Waals surface area contributed by atoms with Gasteiger partial charge in [-0.25, -0.2) is 0 Å². The molecule has 4 rings (SSSR count). The number of hydrogen-bond donors (Lipinski definition) is 2. The number of hydrogen-bond acceptors (Lipinski definition) is 5. The molecule has 8 heteroatoms. The van der Waals surface area contributed by atoms with Gasteiger partial charge in [0.15, 0.2) is 0 Å². The molecule has 0 fully saturated rings. The molecule has 2 unspecified atom stereocenters. The van der Waals surface area contributed by atoms with E-state index in [0.29, 0.717) is 18.0 Å². The molecule has 0 bridgehead atoms. The largest absolute Gasteiger partial charge is 0.370 e. The molecule has 0 saturated heterocycles. The van der Waals surface area contributed by atoms with Crippen LogP contribution in [0.15, 0.2) is 41.6 Å². The Balaban J connectivity index is 1.68. The Morgan fingerprint density at radius 3 is 2.88 bits per heavy atom. The summed E-state index contributed by atoms with van der Waals surface area (Å²) in [6.07, 6.45) is 4.22. The Labute approximate surface area is 160 Å². The quantitative estimate of drug-likeness (QED) is 0.784. The molecule has 2 atom stereocenters. The monoisotopic (exact) mass is 392 g/mol. The lowest BCUT2D eigenvalue weighted by Gasteiger charge is -2.26. The Hall–Kier alpha value is -1.57. The van der Waals surface area contributed by atoms with Crippen molar-refractivity contribution in [2.45, 2.75) is 17.2 Å². The van der Waals surface area contributed by atoms with Crippen LogP contribution in [0.4, 0.5) is 0 Å². The summed E-state index contributed by atoms with van der Waals surface area (Å²) in [5.41, 5.74) is 2.74. The van der Waals surface area contributed by atoms with Crippen molar-refractivity contribution in [3.63, 3.8) is 0 Å². The summed E-state index contributed by atoms with van der Waals surface area (Å²) >= 11 is 12.3. The second kappa shape index (κ2) is 6.63. The molecule has 1 aromatic heterocycles. The second-order valence-electron chi connectivity index (χ2n) is 6.05. The van der Waals surface area contributed by atoms with E-state index >= 15 is 0 Å². The van der Waals surface area contributed by atoms with Crippen LogP contribution < -0.4 is 5.32 Å². The van der Waals surface area contributed by atoms with E-state index in [1.54, 1.807) is 22.6 Å². The number of carbonyl (C=O) groups excluding carboxylic acids is 1. The zero-order valence-electron chi connectivity index (χ0n) is 13.5. The molecule has 3 heterocycles. The van der Waals surface area contributed by atoms with E-state index in [1.807, 2.05) is 42.4 Å². The van der Waals surface area contributed by atoms with Gasteiger partial charge < -0.3 is 10.2 Å². The number of nitrogens with zero attached hydrogens (tertiary/aromatic N) is 3.